The average Bonchev–Trinajstić information content (AvgIpc) is 2.27. The van der Waals surface area contributed by atoms with Crippen molar-refractivity contribution >= 4 is 15.9 Å². The van der Waals surface area contributed by atoms with Crippen molar-refractivity contribution in [3.05, 3.63) is 34.1 Å². The second kappa shape index (κ2) is 7.22. The topological polar surface area (TPSA) is 32.3 Å². The molecule has 4 heteroatoms. The summed E-state index contributed by atoms with van der Waals surface area (Å²) in [6.45, 7) is 6.47. The van der Waals surface area contributed by atoms with Gasteiger partial charge in [-0.1, -0.05) is 35.8 Å². The fourth-order valence-corrected chi connectivity index (χ4v) is 2.71. The van der Waals surface area contributed by atoms with Crippen LogP contribution in [0.5, 0.6) is 0 Å². The molecule has 18 heavy (non-hydrogen) atoms. The number of nitrogens with one attached hydrogen (secondary N) is 1. The maximum Gasteiger partial charge on any atom is 0.124 e. The number of aliphatic hydroxyl groups is 1. The predicted octanol–water partition coefficient (Wildman–Crippen LogP) is 3.65. The molecule has 102 valence electrons. The van der Waals surface area contributed by atoms with Gasteiger partial charge in [0.05, 0.1) is 0 Å². The van der Waals surface area contributed by atoms with Crippen LogP contribution in [-0.4, -0.2) is 17.8 Å². The fourth-order valence-electron chi connectivity index (χ4n) is 2.01. The second-order valence-corrected chi connectivity index (χ2v) is 5.77. The summed E-state index contributed by atoms with van der Waals surface area (Å²) < 4.78 is 13.8. The highest BCUT2D eigenvalue weighted by molar-refractivity contribution is 9.10. The molecule has 0 aromatic heterocycles. The Morgan fingerprint density at radius 3 is 2.50 bits per heavy atom. The third-order valence-electron chi connectivity index (χ3n) is 3.14. The monoisotopic (exact) mass is 317 g/mol. The second-order valence-electron chi connectivity index (χ2n) is 4.92. The van der Waals surface area contributed by atoms with Crippen molar-refractivity contribution in [1.29, 1.82) is 0 Å². The maximum absolute atomic E-state index is 13.0. The van der Waals surface area contributed by atoms with Gasteiger partial charge in [-0.3, -0.25) is 0 Å². The van der Waals surface area contributed by atoms with Gasteiger partial charge < -0.3 is 10.4 Å². The Kier molecular flexibility index (Phi) is 6.26. The van der Waals surface area contributed by atoms with E-state index >= 15 is 0 Å². The molecule has 0 aliphatic carbocycles. The lowest BCUT2D eigenvalue weighted by atomic mass is 9.98. The highest BCUT2D eigenvalue weighted by Gasteiger charge is 2.17. The zero-order valence-electron chi connectivity index (χ0n) is 11.1. The van der Waals surface area contributed by atoms with E-state index in [2.05, 4.69) is 35.1 Å². The SMILES string of the molecule is CC(NC(CCO)C(C)C)c1ccc(F)cc1Br. The molecule has 0 saturated carbocycles. The lowest BCUT2D eigenvalue weighted by molar-refractivity contribution is 0.237. The van der Waals surface area contributed by atoms with Gasteiger partial charge in [0.2, 0.25) is 0 Å². The lowest BCUT2D eigenvalue weighted by Gasteiger charge is -2.26. The quantitative estimate of drug-likeness (QED) is 0.839. The van der Waals surface area contributed by atoms with Gasteiger partial charge in [-0.15, -0.1) is 0 Å². The summed E-state index contributed by atoms with van der Waals surface area (Å²) in [5.74, 6) is 0.201. The van der Waals surface area contributed by atoms with Gasteiger partial charge in [-0.2, -0.15) is 0 Å². The van der Waals surface area contributed by atoms with E-state index in [0.29, 0.717) is 5.92 Å². The molecule has 0 saturated heterocycles. The number of benzene rings is 1. The number of halogens is 2. The van der Waals surface area contributed by atoms with E-state index in [1.165, 1.54) is 12.1 Å². The van der Waals surface area contributed by atoms with E-state index in [0.717, 1.165) is 16.5 Å². The molecule has 0 spiro atoms. The van der Waals surface area contributed by atoms with Crippen LogP contribution in [0.1, 0.15) is 38.8 Å². The zero-order valence-corrected chi connectivity index (χ0v) is 12.7. The first-order valence-electron chi connectivity index (χ1n) is 6.27. The Morgan fingerprint density at radius 2 is 2.00 bits per heavy atom. The smallest absolute Gasteiger partial charge is 0.124 e. The van der Waals surface area contributed by atoms with Crippen LogP contribution in [0.25, 0.3) is 0 Å². The van der Waals surface area contributed by atoms with Crippen molar-refractivity contribution in [2.24, 2.45) is 5.92 Å². The zero-order chi connectivity index (χ0) is 13.7. The molecular formula is C14H21BrFNO. The minimum Gasteiger partial charge on any atom is -0.396 e. The van der Waals surface area contributed by atoms with Gasteiger partial charge in [0.15, 0.2) is 0 Å². The molecule has 1 aromatic carbocycles. The van der Waals surface area contributed by atoms with Gasteiger partial charge in [0.25, 0.3) is 0 Å². The molecule has 0 aliphatic heterocycles. The predicted molar refractivity (Wildman–Crippen MR) is 76.0 cm³/mol. The molecular weight excluding hydrogens is 297 g/mol. The van der Waals surface area contributed by atoms with Gasteiger partial charge in [0.1, 0.15) is 5.82 Å². The van der Waals surface area contributed by atoms with Crippen LogP contribution >= 0.6 is 15.9 Å². The van der Waals surface area contributed by atoms with Gasteiger partial charge in [-0.05, 0) is 37.0 Å². The molecule has 1 aromatic rings. The minimum absolute atomic E-state index is 0.110. The van der Waals surface area contributed by atoms with Crippen molar-refractivity contribution < 1.29 is 9.50 Å². The van der Waals surface area contributed by atoms with E-state index in [9.17, 15) is 4.39 Å². The number of hydrogen-bond acceptors (Lipinski definition) is 2. The van der Waals surface area contributed by atoms with Crippen LogP contribution in [0.4, 0.5) is 4.39 Å². The van der Waals surface area contributed by atoms with Gasteiger partial charge >= 0.3 is 0 Å². The normalized spacial score (nSPS) is 14.8. The van der Waals surface area contributed by atoms with Crippen LogP contribution in [0, 0.1) is 11.7 Å². The minimum atomic E-state index is -0.242. The summed E-state index contributed by atoms with van der Waals surface area (Å²) in [7, 11) is 0. The van der Waals surface area contributed by atoms with Crippen molar-refractivity contribution in [1.82, 2.24) is 5.32 Å². The third kappa shape index (κ3) is 4.34. The number of aliphatic hydroxyl groups excluding tert-OH is 1. The summed E-state index contributed by atoms with van der Waals surface area (Å²) in [5.41, 5.74) is 1.03. The highest BCUT2D eigenvalue weighted by atomic mass is 79.9. The highest BCUT2D eigenvalue weighted by Crippen LogP contribution is 2.25. The first-order chi connectivity index (χ1) is 8.45. The summed E-state index contributed by atoms with van der Waals surface area (Å²) in [6, 6.07) is 5.09. The molecule has 2 nitrogen and oxygen atoms in total. The van der Waals surface area contributed by atoms with Crippen molar-refractivity contribution in [3.63, 3.8) is 0 Å². The molecule has 0 heterocycles. The Bertz CT molecular complexity index is 384. The number of rotatable bonds is 6. The summed E-state index contributed by atoms with van der Waals surface area (Å²) in [4.78, 5) is 0. The van der Waals surface area contributed by atoms with Crippen LogP contribution in [0.15, 0.2) is 22.7 Å². The Hall–Kier alpha value is -0.450. The Morgan fingerprint density at radius 1 is 1.33 bits per heavy atom. The van der Waals surface area contributed by atoms with Crippen LogP contribution in [0.3, 0.4) is 0 Å². The Balaban J connectivity index is 2.76. The van der Waals surface area contributed by atoms with E-state index in [1.807, 2.05) is 6.92 Å². The molecule has 2 atom stereocenters. The molecule has 0 radical (unpaired) electrons. The lowest BCUT2D eigenvalue weighted by Crippen LogP contribution is -2.36. The standard InChI is InChI=1S/C14H21BrFNO/c1-9(2)14(6-7-18)17-10(3)12-5-4-11(16)8-13(12)15/h4-5,8-10,14,17-18H,6-7H2,1-3H3. The molecule has 2 N–H and O–H groups in total. The molecule has 0 bridgehead atoms. The Labute approximate surface area is 117 Å². The largest absolute Gasteiger partial charge is 0.396 e. The summed E-state index contributed by atoms with van der Waals surface area (Å²) >= 11 is 3.38. The molecule has 0 amide bonds. The first-order valence-corrected chi connectivity index (χ1v) is 7.06. The summed E-state index contributed by atoms with van der Waals surface area (Å²) in [5, 5.41) is 12.5. The van der Waals surface area contributed by atoms with E-state index in [4.69, 9.17) is 5.11 Å². The molecule has 0 aliphatic rings. The van der Waals surface area contributed by atoms with E-state index in [1.54, 1.807) is 6.07 Å². The van der Waals surface area contributed by atoms with Crippen molar-refractivity contribution in [3.8, 4) is 0 Å². The van der Waals surface area contributed by atoms with Crippen LogP contribution < -0.4 is 5.32 Å². The summed E-state index contributed by atoms with van der Waals surface area (Å²) in [6.07, 6.45) is 0.723. The first kappa shape index (κ1) is 15.6. The van der Waals surface area contributed by atoms with Gasteiger partial charge in [-0.25, -0.2) is 4.39 Å². The molecule has 0 fully saturated rings. The third-order valence-corrected chi connectivity index (χ3v) is 3.82. The van der Waals surface area contributed by atoms with E-state index < -0.39 is 0 Å². The van der Waals surface area contributed by atoms with E-state index in [-0.39, 0.29) is 24.5 Å². The van der Waals surface area contributed by atoms with Crippen LogP contribution in [-0.2, 0) is 0 Å². The van der Waals surface area contributed by atoms with Crippen molar-refractivity contribution in [2.45, 2.75) is 39.3 Å². The average molecular weight is 318 g/mol. The molecule has 1 rings (SSSR count). The molecule has 2 unspecified atom stereocenters. The van der Waals surface area contributed by atoms with Crippen molar-refractivity contribution in [2.75, 3.05) is 6.61 Å². The van der Waals surface area contributed by atoms with Crippen LogP contribution in [0.2, 0.25) is 0 Å². The fraction of sp³-hybridized carbons (Fsp3) is 0.571. The van der Waals surface area contributed by atoms with Gasteiger partial charge in [0, 0.05) is 23.2 Å². The number of hydrogen-bond donors (Lipinski definition) is 2. The maximum atomic E-state index is 13.0.